The summed E-state index contributed by atoms with van der Waals surface area (Å²) in [5.74, 6) is 0. The summed E-state index contributed by atoms with van der Waals surface area (Å²) >= 11 is 0. The summed E-state index contributed by atoms with van der Waals surface area (Å²) in [5, 5.41) is 11.9. The second-order valence-corrected chi connectivity index (χ2v) is 2.63. The molecule has 0 aromatic rings. The van der Waals surface area contributed by atoms with E-state index >= 15 is 0 Å². The van der Waals surface area contributed by atoms with E-state index in [1.165, 1.54) is 0 Å². The maximum atomic E-state index is 12.1. The van der Waals surface area contributed by atoms with E-state index in [0.29, 0.717) is 13.2 Å². The second kappa shape index (κ2) is 3.42. The first-order valence-electron chi connectivity index (χ1n) is 3.44. The van der Waals surface area contributed by atoms with Crippen molar-refractivity contribution in [2.45, 2.75) is 12.0 Å². The monoisotopic (exact) mass is 167 g/mol. The van der Waals surface area contributed by atoms with Crippen LogP contribution < -0.4 is 5.32 Å². The molecule has 3 nitrogen and oxygen atoms in total. The van der Waals surface area contributed by atoms with Crippen LogP contribution in [-0.2, 0) is 4.74 Å². The largest absolute Gasteiger partial charge is 0.380 e. The summed E-state index contributed by atoms with van der Waals surface area (Å²) < 4.78 is 29.0. The molecule has 5 heteroatoms. The van der Waals surface area contributed by atoms with E-state index in [4.69, 9.17) is 4.74 Å². The van der Waals surface area contributed by atoms with E-state index < -0.39 is 12.0 Å². The lowest BCUT2D eigenvalue weighted by molar-refractivity contribution is -0.124. The summed E-state index contributed by atoms with van der Waals surface area (Å²) in [7, 11) is 0. The topological polar surface area (TPSA) is 41.5 Å². The van der Waals surface area contributed by atoms with Gasteiger partial charge in [0.05, 0.1) is 13.2 Å². The van der Waals surface area contributed by atoms with Gasteiger partial charge in [0, 0.05) is 13.1 Å². The highest BCUT2D eigenvalue weighted by Crippen LogP contribution is 2.16. The zero-order chi connectivity index (χ0) is 8.32. The Kier molecular flexibility index (Phi) is 2.75. The second-order valence-electron chi connectivity index (χ2n) is 2.63. The van der Waals surface area contributed by atoms with Crippen molar-refractivity contribution in [3.05, 3.63) is 0 Å². The smallest absolute Gasteiger partial charge is 0.270 e. The molecule has 0 aromatic heterocycles. The quantitative estimate of drug-likeness (QED) is 0.558. The third-order valence-corrected chi connectivity index (χ3v) is 1.61. The van der Waals surface area contributed by atoms with E-state index in [0.717, 1.165) is 0 Å². The zero-order valence-electron chi connectivity index (χ0n) is 6.02. The fraction of sp³-hybridized carbons (Fsp3) is 1.00. The molecule has 11 heavy (non-hydrogen) atoms. The summed E-state index contributed by atoms with van der Waals surface area (Å²) in [5.41, 5.74) is -2.00. The van der Waals surface area contributed by atoms with Crippen LogP contribution >= 0.6 is 0 Å². The minimum Gasteiger partial charge on any atom is -0.380 e. The van der Waals surface area contributed by atoms with Crippen LogP contribution in [0.2, 0.25) is 0 Å². The van der Waals surface area contributed by atoms with Gasteiger partial charge < -0.3 is 15.2 Å². The molecule has 0 radical (unpaired) electrons. The number of β-amino-alcohol motifs (C(OH)–C–C–N with tert-alkyl or cyclic N) is 1. The molecule has 0 amide bonds. The van der Waals surface area contributed by atoms with Crippen molar-refractivity contribution in [1.29, 1.82) is 0 Å². The van der Waals surface area contributed by atoms with Crippen LogP contribution in [0.5, 0.6) is 0 Å². The molecule has 1 aliphatic heterocycles. The molecule has 0 saturated carbocycles. The first-order valence-corrected chi connectivity index (χ1v) is 3.44. The van der Waals surface area contributed by atoms with Crippen molar-refractivity contribution < 1.29 is 18.6 Å². The molecule has 1 atom stereocenters. The maximum absolute atomic E-state index is 12.1. The summed E-state index contributed by atoms with van der Waals surface area (Å²) in [6.07, 6.45) is -2.76. The van der Waals surface area contributed by atoms with Crippen molar-refractivity contribution >= 4 is 0 Å². The molecule has 1 saturated heterocycles. The Hall–Kier alpha value is -0.260. The van der Waals surface area contributed by atoms with Gasteiger partial charge in [-0.25, -0.2) is 8.78 Å². The molecule has 1 fully saturated rings. The van der Waals surface area contributed by atoms with Crippen molar-refractivity contribution in [2.24, 2.45) is 0 Å². The molecule has 2 N–H and O–H groups in total. The SMILES string of the molecule is O[C@]1(C(F)F)CNCCOC1. The Morgan fingerprint density at radius 2 is 2.27 bits per heavy atom. The van der Waals surface area contributed by atoms with Gasteiger partial charge in [0.2, 0.25) is 0 Å². The third-order valence-electron chi connectivity index (χ3n) is 1.61. The van der Waals surface area contributed by atoms with E-state index in [1.54, 1.807) is 0 Å². The average Bonchev–Trinajstić information content (AvgIpc) is 2.15. The van der Waals surface area contributed by atoms with Gasteiger partial charge in [-0.05, 0) is 0 Å². The Bertz CT molecular complexity index is 124. The molecular formula is C6H11F2NO2. The molecular weight excluding hydrogens is 156 g/mol. The summed E-state index contributed by atoms with van der Waals surface area (Å²) in [4.78, 5) is 0. The lowest BCUT2D eigenvalue weighted by atomic mass is 10.1. The van der Waals surface area contributed by atoms with Gasteiger partial charge in [-0.15, -0.1) is 0 Å². The Morgan fingerprint density at radius 1 is 1.55 bits per heavy atom. The predicted octanol–water partition coefficient (Wildman–Crippen LogP) is -0.398. The molecule has 1 aliphatic rings. The normalized spacial score (nSPS) is 33.8. The molecule has 0 spiro atoms. The van der Waals surface area contributed by atoms with Crippen LogP contribution in [0, 0.1) is 0 Å². The molecule has 1 heterocycles. The van der Waals surface area contributed by atoms with Gasteiger partial charge in [-0.3, -0.25) is 0 Å². The number of hydrogen-bond donors (Lipinski definition) is 2. The Balaban J connectivity index is 2.52. The van der Waals surface area contributed by atoms with Crippen LogP contribution in [0.3, 0.4) is 0 Å². The van der Waals surface area contributed by atoms with Gasteiger partial charge in [0.25, 0.3) is 6.43 Å². The molecule has 66 valence electrons. The average molecular weight is 167 g/mol. The zero-order valence-corrected chi connectivity index (χ0v) is 6.02. The van der Waals surface area contributed by atoms with Crippen molar-refractivity contribution in [3.63, 3.8) is 0 Å². The van der Waals surface area contributed by atoms with Crippen LogP contribution in [0.25, 0.3) is 0 Å². The lowest BCUT2D eigenvalue weighted by Gasteiger charge is -2.24. The van der Waals surface area contributed by atoms with E-state index in [2.05, 4.69) is 5.32 Å². The van der Waals surface area contributed by atoms with Crippen molar-refractivity contribution in [1.82, 2.24) is 5.32 Å². The predicted molar refractivity (Wildman–Crippen MR) is 34.6 cm³/mol. The van der Waals surface area contributed by atoms with Crippen LogP contribution in [0.15, 0.2) is 0 Å². The van der Waals surface area contributed by atoms with Gasteiger partial charge in [0.15, 0.2) is 5.60 Å². The molecule has 0 aromatic carbocycles. The highest BCUT2D eigenvalue weighted by molar-refractivity contribution is 4.85. The Labute approximate surface area is 63.3 Å². The highest BCUT2D eigenvalue weighted by Gasteiger charge is 2.38. The van der Waals surface area contributed by atoms with Crippen LogP contribution in [0.4, 0.5) is 8.78 Å². The number of rotatable bonds is 1. The minimum atomic E-state index is -2.76. The fourth-order valence-electron chi connectivity index (χ4n) is 0.889. The number of ether oxygens (including phenoxy) is 1. The van der Waals surface area contributed by atoms with Crippen molar-refractivity contribution in [3.8, 4) is 0 Å². The van der Waals surface area contributed by atoms with Gasteiger partial charge in [0.1, 0.15) is 0 Å². The van der Waals surface area contributed by atoms with Crippen molar-refractivity contribution in [2.75, 3.05) is 26.3 Å². The molecule has 0 unspecified atom stereocenters. The van der Waals surface area contributed by atoms with Gasteiger partial charge in [-0.1, -0.05) is 0 Å². The molecule has 0 aliphatic carbocycles. The van der Waals surface area contributed by atoms with Gasteiger partial charge >= 0.3 is 0 Å². The van der Waals surface area contributed by atoms with E-state index in [9.17, 15) is 13.9 Å². The summed E-state index contributed by atoms with van der Waals surface area (Å²) in [6, 6.07) is 0. The number of aliphatic hydroxyl groups is 1. The number of halogens is 2. The fourth-order valence-corrected chi connectivity index (χ4v) is 0.889. The highest BCUT2D eigenvalue weighted by atomic mass is 19.3. The van der Waals surface area contributed by atoms with E-state index in [1.807, 2.05) is 0 Å². The third kappa shape index (κ3) is 2.08. The first-order chi connectivity index (χ1) is 5.15. The lowest BCUT2D eigenvalue weighted by Crippen LogP contribution is -2.48. The minimum absolute atomic E-state index is 0.106. The van der Waals surface area contributed by atoms with Crippen LogP contribution in [-0.4, -0.2) is 43.4 Å². The number of hydrogen-bond acceptors (Lipinski definition) is 3. The number of nitrogens with one attached hydrogen (secondary N) is 1. The molecule has 1 rings (SSSR count). The summed E-state index contributed by atoms with van der Waals surface area (Å²) in [6.45, 7) is 0.479. The standard InChI is InChI=1S/C6H11F2NO2/c7-5(8)6(10)3-9-1-2-11-4-6/h5,9-10H,1-4H2/t6-/m1/s1. The van der Waals surface area contributed by atoms with Crippen LogP contribution in [0.1, 0.15) is 0 Å². The van der Waals surface area contributed by atoms with E-state index in [-0.39, 0.29) is 13.2 Å². The first kappa shape index (κ1) is 8.83. The molecule has 0 bridgehead atoms. The maximum Gasteiger partial charge on any atom is 0.270 e. The van der Waals surface area contributed by atoms with Gasteiger partial charge in [-0.2, -0.15) is 0 Å². The number of alkyl halides is 2. The Morgan fingerprint density at radius 3 is 2.91 bits per heavy atom.